The first-order chi connectivity index (χ1) is 12.4. The highest BCUT2D eigenvalue weighted by Gasteiger charge is 2.34. The second-order valence-corrected chi connectivity index (χ2v) is 8.60. The van der Waals surface area contributed by atoms with Gasteiger partial charge >= 0.3 is 0 Å². The standard InChI is InChI=1S/C19H21N3O3S/c1-21(15-3-5-17(23)6-4-15)16-9-11-22(13-16)26(24,25)18-7-2-14-8-10-20-19(14)12-18/h2-8,10,12,16,20,23H,9,11,13H2,1H3/t16-/m1/s1. The van der Waals surface area contributed by atoms with Crippen LogP contribution in [0.2, 0.25) is 0 Å². The number of aromatic amines is 1. The number of benzene rings is 2. The van der Waals surface area contributed by atoms with Gasteiger partial charge in [0.15, 0.2) is 0 Å². The largest absolute Gasteiger partial charge is 0.508 e. The zero-order valence-corrected chi connectivity index (χ0v) is 15.3. The summed E-state index contributed by atoms with van der Waals surface area (Å²) in [6.45, 7) is 0.945. The number of aromatic nitrogens is 1. The topological polar surface area (TPSA) is 76.6 Å². The number of hydrogen-bond acceptors (Lipinski definition) is 4. The molecule has 0 unspecified atom stereocenters. The number of nitrogens with zero attached hydrogens (tertiary/aromatic N) is 2. The lowest BCUT2D eigenvalue weighted by Crippen LogP contribution is -2.36. The molecular weight excluding hydrogens is 350 g/mol. The third kappa shape index (κ3) is 2.93. The Morgan fingerprint density at radius 1 is 1.15 bits per heavy atom. The van der Waals surface area contributed by atoms with Crippen LogP contribution in [0.5, 0.6) is 5.75 Å². The van der Waals surface area contributed by atoms with Crippen LogP contribution in [0.1, 0.15) is 6.42 Å². The molecular formula is C19H21N3O3S. The molecule has 0 saturated carbocycles. The minimum atomic E-state index is -3.52. The fourth-order valence-corrected chi connectivity index (χ4v) is 5.00. The molecule has 1 fully saturated rings. The maximum Gasteiger partial charge on any atom is 0.243 e. The summed E-state index contributed by atoms with van der Waals surface area (Å²) in [5.41, 5.74) is 1.78. The molecule has 2 N–H and O–H groups in total. The first kappa shape index (κ1) is 16.9. The Kier molecular flexibility index (Phi) is 4.13. The molecule has 26 heavy (non-hydrogen) atoms. The molecule has 2 heterocycles. The Morgan fingerprint density at radius 2 is 1.92 bits per heavy atom. The third-order valence-electron chi connectivity index (χ3n) is 5.10. The van der Waals surface area contributed by atoms with Gasteiger partial charge in [-0.3, -0.25) is 0 Å². The van der Waals surface area contributed by atoms with Crippen LogP contribution >= 0.6 is 0 Å². The molecule has 7 heteroatoms. The van der Waals surface area contributed by atoms with Gasteiger partial charge in [-0.05, 0) is 54.3 Å². The molecule has 1 aromatic heterocycles. The first-order valence-electron chi connectivity index (χ1n) is 8.54. The van der Waals surface area contributed by atoms with Crippen molar-refractivity contribution in [2.45, 2.75) is 17.4 Å². The lowest BCUT2D eigenvalue weighted by Gasteiger charge is -2.27. The number of sulfonamides is 1. The number of hydrogen-bond donors (Lipinski definition) is 2. The van der Waals surface area contributed by atoms with Gasteiger partial charge < -0.3 is 15.0 Å². The van der Waals surface area contributed by atoms with Gasteiger partial charge in [-0.2, -0.15) is 4.31 Å². The SMILES string of the molecule is CN(c1ccc(O)cc1)[C@@H]1CCN(S(=O)(=O)c2ccc3cc[nH]c3c2)C1. The molecule has 1 saturated heterocycles. The smallest absolute Gasteiger partial charge is 0.243 e. The van der Waals surface area contributed by atoms with Crippen molar-refractivity contribution in [1.29, 1.82) is 0 Å². The van der Waals surface area contributed by atoms with Gasteiger partial charge in [0.05, 0.1) is 4.90 Å². The fraction of sp³-hybridized carbons (Fsp3) is 0.263. The highest BCUT2D eigenvalue weighted by molar-refractivity contribution is 7.89. The second-order valence-electron chi connectivity index (χ2n) is 6.66. The number of aromatic hydroxyl groups is 1. The van der Waals surface area contributed by atoms with Gasteiger partial charge in [0, 0.05) is 43.6 Å². The number of H-pyrrole nitrogens is 1. The van der Waals surface area contributed by atoms with E-state index in [0.717, 1.165) is 23.0 Å². The number of phenols is 1. The third-order valence-corrected chi connectivity index (χ3v) is 6.96. The monoisotopic (exact) mass is 371 g/mol. The molecule has 0 bridgehead atoms. The van der Waals surface area contributed by atoms with Gasteiger partial charge in [-0.15, -0.1) is 0 Å². The number of nitrogens with one attached hydrogen (secondary N) is 1. The van der Waals surface area contributed by atoms with Crippen molar-refractivity contribution in [2.75, 3.05) is 25.0 Å². The number of rotatable bonds is 4. The van der Waals surface area contributed by atoms with E-state index in [1.807, 2.05) is 31.3 Å². The second kappa shape index (κ2) is 6.34. The summed E-state index contributed by atoms with van der Waals surface area (Å²) in [7, 11) is -1.56. The van der Waals surface area contributed by atoms with Crippen molar-refractivity contribution in [1.82, 2.24) is 9.29 Å². The van der Waals surface area contributed by atoms with Crippen molar-refractivity contribution < 1.29 is 13.5 Å². The van der Waals surface area contributed by atoms with Crippen LogP contribution in [0.15, 0.2) is 59.6 Å². The molecule has 6 nitrogen and oxygen atoms in total. The molecule has 1 aliphatic rings. The molecule has 2 aromatic carbocycles. The van der Waals surface area contributed by atoms with E-state index in [9.17, 15) is 13.5 Å². The lowest BCUT2D eigenvalue weighted by atomic mass is 10.2. The van der Waals surface area contributed by atoms with Crippen LogP contribution in [0.4, 0.5) is 5.69 Å². The zero-order valence-electron chi connectivity index (χ0n) is 14.5. The average molecular weight is 371 g/mol. The maximum absolute atomic E-state index is 13.0. The van der Waals surface area contributed by atoms with Crippen molar-refractivity contribution >= 4 is 26.6 Å². The lowest BCUT2D eigenvalue weighted by molar-refractivity contribution is 0.470. The van der Waals surface area contributed by atoms with E-state index < -0.39 is 10.0 Å². The van der Waals surface area contributed by atoms with E-state index in [2.05, 4.69) is 9.88 Å². The summed E-state index contributed by atoms with van der Waals surface area (Å²) in [6, 6.07) is 14.2. The van der Waals surface area contributed by atoms with Gasteiger partial charge in [0.1, 0.15) is 5.75 Å². The highest BCUT2D eigenvalue weighted by Crippen LogP contribution is 2.28. The van der Waals surface area contributed by atoms with Crippen LogP contribution in [-0.4, -0.2) is 49.0 Å². The van der Waals surface area contributed by atoms with Crippen LogP contribution in [0, 0.1) is 0 Å². The van der Waals surface area contributed by atoms with Gasteiger partial charge in [-0.1, -0.05) is 6.07 Å². The normalized spacial score (nSPS) is 18.4. The van der Waals surface area contributed by atoms with Crippen molar-refractivity contribution in [2.24, 2.45) is 0 Å². The van der Waals surface area contributed by atoms with Gasteiger partial charge in [0.2, 0.25) is 10.0 Å². The van der Waals surface area contributed by atoms with Crippen LogP contribution < -0.4 is 4.90 Å². The molecule has 3 aromatic rings. The summed E-state index contributed by atoms with van der Waals surface area (Å²) in [5.74, 6) is 0.220. The molecule has 0 amide bonds. The first-order valence-corrected chi connectivity index (χ1v) is 9.98. The molecule has 4 rings (SSSR count). The van der Waals surface area contributed by atoms with E-state index in [-0.39, 0.29) is 11.8 Å². The molecule has 1 aliphatic heterocycles. The van der Waals surface area contributed by atoms with Gasteiger partial charge in [-0.25, -0.2) is 8.42 Å². The van der Waals surface area contributed by atoms with Crippen molar-refractivity contribution in [3.05, 3.63) is 54.7 Å². The van der Waals surface area contributed by atoms with E-state index in [4.69, 9.17) is 0 Å². The van der Waals surface area contributed by atoms with E-state index in [1.54, 1.807) is 34.8 Å². The Labute approximate surface area is 152 Å². The Hall–Kier alpha value is -2.51. The highest BCUT2D eigenvalue weighted by atomic mass is 32.2. The molecule has 0 spiro atoms. The molecule has 0 radical (unpaired) electrons. The number of phenolic OH excluding ortho intramolecular Hbond substituents is 1. The fourth-order valence-electron chi connectivity index (χ4n) is 3.48. The Morgan fingerprint density at radius 3 is 2.69 bits per heavy atom. The number of anilines is 1. The predicted molar refractivity (Wildman–Crippen MR) is 102 cm³/mol. The van der Waals surface area contributed by atoms with Crippen LogP contribution in [0.25, 0.3) is 10.9 Å². The quantitative estimate of drug-likeness (QED) is 0.739. The van der Waals surface area contributed by atoms with Crippen LogP contribution in [-0.2, 0) is 10.0 Å². The maximum atomic E-state index is 13.0. The summed E-state index contributed by atoms with van der Waals surface area (Å²) < 4.78 is 27.6. The van der Waals surface area contributed by atoms with Crippen molar-refractivity contribution in [3.63, 3.8) is 0 Å². The minimum Gasteiger partial charge on any atom is -0.508 e. The summed E-state index contributed by atoms with van der Waals surface area (Å²) in [4.78, 5) is 5.46. The summed E-state index contributed by atoms with van der Waals surface area (Å²) >= 11 is 0. The Balaban J connectivity index is 1.54. The van der Waals surface area contributed by atoms with Crippen LogP contribution in [0.3, 0.4) is 0 Å². The predicted octanol–water partition coefficient (Wildman–Crippen LogP) is 2.77. The number of fused-ring (bicyclic) bond motifs is 1. The van der Waals surface area contributed by atoms with E-state index >= 15 is 0 Å². The minimum absolute atomic E-state index is 0.100. The number of likely N-dealkylation sites (N-methyl/N-ethyl adjacent to an activating group) is 1. The zero-order chi connectivity index (χ0) is 18.3. The molecule has 0 aliphatic carbocycles. The Bertz CT molecular complexity index is 1030. The summed E-state index contributed by atoms with van der Waals surface area (Å²) in [6.07, 6.45) is 2.57. The van der Waals surface area contributed by atoms with E-state index in [1.165, 1.54) is 0 Å². The summed E-state index contributed by atoms with van der Waals surface area (Å²) in [5, 5.41) is 10.4. The average Bonchev–Trinajstić information content (AvgIpc) is 3.31. The van der Waals surface area contributed by atoms with Crippen molar-refractivity contribution in [3.8, 4) is 5.75 Å². The van der Waals surface area contributed by atoms with Gasteiger partial charge in [0.25, 0.3) is 0 Å². The molecule has 136 valence electrons. The molecule has 1 atom stereocenters. The van der Waals surface area contributed by atoms with E-state index in [0.29, 0.717) is 18.0 Å².